The van der Waals surface area contributed by atoms with Crippen molar-refractivity contribution in [3.05, 3.63) is 59.3 Å². The van der Waals surface area contributed by atoms with Crippen LogP contribution in [0.5, 0.6) is 0 Å². The first kappa shape index (κ1) is 13.3. The Labute approximate surface area is 129 Å². The van der Waals surface area contributed by atoms with E-state index in [1.54, 1.807) is 6.07 Å². The predicted molar refractivity (Wildman–Crippen MR) is 86.6 cm³/mol. The zero-order valence-corrected chi connectivity index (χ0v) is 12.8. The first-order valence-electron chi connectivity index (χ1n) is 7.56. The fraction of sp³-hybridized carbons (Fsp3) is 0.278. The molecule has 1 aliphatic heterocycles. The number of benzene rings is 1. The maximum absolute atomic E-state index is 13.7. The van der Waals surface area contributed by atoms with Crippen LogP contribution in [-0.4, -0.2) is 16.1 Å². The summed E-state index contributed by atoms with van der Waals surface area (Å²) in [6.45, 7) is 3.82. The van der Waals surface area contributed by atoms with Crippen LogP contribution < -0.4 is 4.90 Å². The monoisotopic (exact) mass is 295 g/mol. The molecule has 1 aliphatic rings. The smallest absolute Gasteiger partial charge is 0.123 e. The third kappa shape index (κ3) is 1.98. The maximum Gasteiger partial charge on any atom is 0.123 e. The Hall–Kier alpha value is -2.36. The van der Waals surface area contributed by atoms with E-state index in [4.69, 9.17) is 0 Å². The van der Waals surface area contributed by atoms with E-state index in [-0.39, 0.29) is 5.82 Å². The Bertz CT molecular complexity index is 866. The van der Waals surface area contributed by atoms with E-state index in [2.05, 4.69) is 34.5 Å². The molecule has 3 aromatic rings. The van der Waals surface area contributed by atoms with Crippen molar-refractivity contribution in [1.29, 1.82) is 0 Å². The molecule has 1 aromatic carbocycles. The van der Waals surface area contributed by atoms with Crippen LogP contribution in [0.2, 0.25) is 0 Å². The van der Waals surface area contributed by atoms with Crippen LogP contribution in [0.15, 0.2) is 36.7 Å². The summed E-state index contributed by atoms with van der Waals surface area (Å²) >= 11 is 0. The molecular formula is C18H18FN3. The van der Waals surface area contributed by atoms with Crippen molar-refractivity contribution in [3.63, 3.8) is 0 Å². The van der Waals surface area contributed by atoms with E-state index in [1.807, 2.05) is 18.5 Å². The number of hydrogen-bond donors (Lipinski definition) is 0. The van der Waals surface area contributed by atoms with Crippen LogP contribution in [0, 0.1) is 12.7 Å². The summed E-state index contributed by atoms with van der Waals surface area (Å²) in [5.41, 5.74) is 5.96. The van der Waals surface area contributed by atoms with Gasteiger partial charge in [-0.05, 0) is 36.8 Å². The average molecular weight is 295 g/mol. The number of fused-ring (bicyclic) bond motifs is 3. The molecule has 0 unspecified atom stereocenters. The third-order valence-electron chi connectivity index (χ3n) is 4.59. The molecule has 3 heterocycles. The van der Waals surface area contributed by atoms with E-state index in [0.29, 0.717) is 0 Å². The molecule has 3 nitrogen and oxygen atoms in total. The van der Waals surface area contributed by atoms with Crippen molar-refractivity contribution in [2.75, 3.05) is 11.4 Å². The number of aromatic nitrogens is 2. The highest BCUT2D eigenvalue weighted by Gasteiger charge is 2.23. The van der Waals surface area contributed by atoms with Crippen molar-refractivity contribution < 1.29 is 4.39 Å². The molecule has 0 fully saturated rings. The Morgan fingerprint density at radius 3 is 2.86 bits per heavy atom. The first-order valence-corrected chi connectivity index (χ1v) is 7.56. The van der Waals surface area contributed by atoms with Gasteiger partial charge in [0.2, 0.25) is 0 Å². The largest absolute Gasteiger partial charge is 0.365 e. The number of aryl methyl sites for hydroxylation is 2. The Balaban J connectivity index is 1.81. The van der Waals surface area contributed by atoms with Gasteiger partial charge in [0.15, 0.2) is 0 Å². The van der Waals surface area contributed by atoms with Gasteiger partial charge < -0.3 is 9.47 Å². The highest BCUT2D eigenvalue weighted by atomic mass is 19.1. The summed E-state index contributed by atoms with van der Waals surface area (Å²) in [6.07, 6.45) is 4.74. The molecule has 0 amide bonds. The minimum atomic E-state index is -0.171. The molecule has 0 saturated heterocycles. The lowest BCUT2D eigenvalue weighted by atomic mass is 10.0. The normalized spacial score (nSPS) is 14.4. The van der Waals surface area contributed by atoms with Crippen molar-refractivity contribution in [2.24, 2.45) is 7.05 Å². The fourth-order valence-corrected chi connectivity index (χ4v) is 3.48. The van der Waals surface area contributed by atoms with Gasteiger partial charge in [-0.15, -0.1) is 0 Å². The highest BCUT2D eigenvalue weighted by Crippen LogP contribution is 2.32. The van der Waals surface area contributed by atoms with Gasteiger partial charge in [-0.25, -0.2) is 4.39 Å². The second-order valence-corrected chi connectivity index (χ2v) is 6.04. The molecule has 112 valence electrons. The summed E-state index contributed by atoms with van der Waals surface area (Å²) in [7, 11) is 2.07. The summed E-state index contributed by atoms with van der Waals surface area (Å²) in [5, 5.41) is 1.03. The number of pyridine rings is 1. The lowest BCUT2D eigenvalue weighted by molar-refractivity contribution is 0.629. The van der Waals surface area contributed by atoms with Crippen LogP contribution in [0.3, 0.4) is 0 Å². The maximum atomic E-state index is 13.7. The van der Waals surface area contributed by atoms with E-state index >= 15 is 0 Å². The lowest BCUT2D eigenvalue weighted by Gasteiger charge is -2.29. The minimum absolute atomic E-state index is 0.171. The first-order chi connectivity index (χ1) is 10.6. The molecule has 4 rings (SSSR count). The minimum Gasteiger partial charge on any atom is -0.365 e. The van der Waals surface area contributed by atoms with Gasteiger partial charge in [-0.3, -0.25) is 4.98 Å². The molecular weight excluding hydrogens is 277 g/mol. The van der Waals surface area contributed by atoms with Crippen molar-refractivity contribution >= 4 is 16.6 Å². The van der Waals surface area contributed by atoms with Crippen LogP contribution in [0.1, 0.15) is 16.8 Å². The number of halogens is 1. The Kier molecular flexibility index (Phi) is 2.93. The standard InChI is InChI=1S/C18H18FN3/c1-12-7-14(10-20-9-12)22-6-5-18-16(11-22)15-8-13(19)3-4-17(15)21(18)2/h3-4,7-10H,5-6,11H2,1-2H3. The summed E-state index contributed by atoms with van der Waals surface area (Å²) < 4.78 is 15.9. The van der Waals surface area contributed by atoms with E-state index in [0.717, 1.165) is 41.7 Å². The quantitative estimate of drug-likeness (QED) is 0.684. The van der Waals surface area contributed by atoms with E-state index < -0.39 is 0 Å². The van der Waals surface area contributed by atoms with Crippen molar-refractivity contribution in [3.8, 4) is 0 Å². The second-order valence-electron chi connectivity index (χ2n) is 6.04. The van der Waals surface area contributed by atoms with Crippen LogP contribution in [0.4, 0.5) is 10.1 Å². The zero-order valence-electron chi connectivity index (χ0n) is 12.8. The molecule has 0 N–H and O–H groups in total. The molecule has 0 bridgehead atoms. The molecule has 0 radical (unpaired) electrons. The molecule has 0 spiro atoms. The second kappa shape index (κ2) is 4.83. The van der Waals surface area contributed by atoms with Gasteiger partial charge in [0.25, 0.3) is 0 Å². The molecule has 0 atom stereocenters. The fourth-order valence-electron chi connectivity index (χ4n) is 3.48. The Morgan fingerprint density at radius 2 is 2.05 bits per heavy atom. The average Bonchev–Trinajstić information content (AvgIpc) is 2.79. The third-order valence-corrected chi connectivity index (χ3v) is 4.59. The van der Waals surface area contributed by atoms with Gasteiger partial charge in [-0.2, -0.15) is 0 Å². The highest BCUT2D eigenvalue weighted by molar-refractivity contribution is 5.86. The summed E-state index contributed by atoms with van der Waals surface area (Å²) in [6, 6.07) is 7.23. The number of hydrogen-bond acceptors (Lipinski definition) is 2. The van der Waals surface area contributed by atoms with Crippen LogP contribution in [0.25, 0.3) is 10.9 Å². The van der Waals surface area contributed by atoms with Gasteiger partial charge in [0.1, 0.15) is 5.82 Å². The molecule has 0 aliphatic carbocycles. The summed E-state index contributed by atoms with van der Waals surface area (Å²) in [5.74, 6) is -0.171. The predicted octanol–water partition coefficient (Wildman–Crippen LogP) is 3.58. The number of anilines is 1. The van der Waals surface area contributed by atoms with Crippen LogP contribution >= 0.6 is 0 Å². The molecule has 0 saturated carbocycles. The Morgan fingerprint density at radius 1 is 1.18 bits per heavy atom. The van der Waals surface area contributed by atoms with Gasteiger partial charge in [0, 0.05) is 54.9 Å². The van der Waals surface area contributed by atoms with E-state index in [9.17, 15) is 4.39 Å². The number of nitrogens with zero attached hydrogens (tertiary/aromatic N) is 3. The van der Waals surface area contributed by atoms with Crippen molar-refractivity contribution in [2.45, 2.75) is 19.9 Å². The lowest BCUT2D eigenvalue weighted by Crippen LogP contribution is -2.30. The van der Waals surface area contributed by atoms with Gasteiger partial charge >= 0.3 is 0 Å². The molecule has 2 aromatic heterocycles. The zero-order chi connectivity index (χ0) is 15.3. The topological polar surface area (TPSA) is 21.1 Å². The van der Waals surface area contributed by atoms with E-state index in [1.165, 1.54) is 17.3 Å². The molecule has 4 heteroatoms. The summed E-state index contributed by atoms with van der Waals surface area (Å²) in [4.78, 5) is 6.62. The van der Waals surface area contributed by atoms with Gasteiger partial charge in [0.05, 0.1) is 11.9 Å². The molecule has 22 heavy (non-hydrogen) atoms. The number of rotatable bonds is 1. The SMILES string of the molecule is Cc1cncc(N2CCc3c(c4cc(F)ccc4n3C)C2)c1. The van der Waals surface area contributed by atoms with Gasteiger partial charge in [-0.1, -0.05) is 0 Å². The van der Waals surface area contributed by atoms with Crippen LogP contribution in [-0.2, 0) is 20.0 Å². The van der Waals surface area contributed by atoms with Crippen molar-refractivity contribution in [1.82, 2.24) is 9.55 Å².